The summed E-state index contributed by atoms with van der Waals surface area (Å²) in [5, 5.41) is 2.71. The highest BCUT2D eigenvalue weighted by Crippen LogP contribution is 2.25. The number of sulfonamides is 2. The first-order chi connectivity index (χ1) is 14.1. The molecule has 2 aliphatic rings. The molecule has 1 aromatic rings. The van der Waals surface area contributed by atoms with Crippen molar-refractivity contribution in [2.45, 2.75) is 25.8 Å². The summed E-state index contributed by atoms with van der Waals surface area (Å²) in [6.45, 7) is 1.39. The van der Waals surface area contributed by atoms with Gasteiger partial charge in [-0.3, -0.25) is 4.79 Å². The number of carbonyl (C=O) groups excluding carboxylic acids is 1. The molecule has 0 unspecified atom stereocenters. The van der Waals surface area contributed by atoms with E-state index in [1.807, 2.05) is 18.2 Å². The smallest absolute Gasteiger partial charge is 0.223 e. The minimum absolute atomic E-state index is 0.0411. The van der Waals surface area contributed by atoms with Gasteiger partial charge in [0.2, 0.25) is 26.0 Å². The van der Waals surface area contributed by atoms with E-state index in [-0.39, 0.29) is 24.1 Å². The van der Waals surface area contributed by atoms with Gasteiger partial charge in [-0.25, -0.2) is 21.1 Å². The van der Waals surface area contributed by atoms with Crippen molar-refractivity contribution in [2.24, 2.45) is 5.92 Å². The van der Waals surface area contributed by atoms with E-state index >= 15 is 0 Å². The Morgan fingerprint density at radius 3 is 2.43 bits per heavy atom. The van der Waals surface area contributed by atoms with Crippen molar-refractivity contribution in [3.05, 3.63) is 29.3 Å². The van der Waals surface area contributed by atoms with Crippen LogP contribution in [-0.4, -0.2) is 76.7 Å². The molecule has 168 valence electrons. The maximum atomic E-state index is 12.7. The van der Waals surface area contributed by atoms with Gasteiger partial charge in [-0.2, -0.15) is 4.31 Å². The zero-order chi connectivity index (χ0) is 21.9. The molecule has 9 nitrogen and oxygen atoms in total. The number of ether oxygens (including phenoxy) is 1. The maximum absolute atomic E-state index is 12.7. The molecule has 1 fully saturated rings. The van der Waals surface area contributed by atoms with Gasteiger partial charge in [0.15, 0.2) is 0 Å². The zero-order valence-electron chi connectivity index (χ0n) is 17.3. The Kier molecular flexibility index (Phi) is 7.05. The molecule has 1 N–H and O–H groups in total. The van der Waals surface area contributed by atoms with Crippen LogP contribution in [0.25, 0.3) is 0 Å². The minimum atomic E-state index is -3.50. The van der Waals surface area contributed by atoms with E-state index in [2.05, 4.69) is 5.32 Å². The van der Waals surface area contributed by atoms with Gasteiger partial charge in [0.05, 0.1) is 19.1 Å². The van der Waals surface area contributed by atoms with Gasteiger partial charge in [0, 0.05) is 38.6 Å². The second-order valence-electron chi connectivity index (χ2n) is 7.76. The van der Waals surface area contributed by atoms with Crippen LogP contribution in [0, 0.1) is 5.92 Å². The van der Waals surface area contributed by atoms with Gasteiger partial charge in [0.1, 0.15) is 5.75 Å². The van der Waals surface area contributed by atoms with Crippen LogP contribution in [0.15, 0.2) is 18.2 Å². The van der Waals surface area contributed by atoms with Crippen molar-refractivity contribution in [1.82, 2.24) is 13.9 Å². The average Bonchev–Trinajstić information content (AvgIpc) is 2.72. The van der Waals surface area contributed by atoms with Crippen molar-refractivity contribution in [3.63, 3.8) is 0 Å². The first-order valence-electron chi connectivity index (χ1n) is 9.96. The fourth-order valence-corrected chi connectivity index (χ4v) is 6.09. The number of hydrogen-bond donors (Lipinski definition) is 1. The number of amides is 1. The van der Waals surface area contributed by atoms with Crippen molar-refractivity contribution in [2.75, 3.05) is 45.3 Å². The highest BCUT2D eigenvalue weighted by Gasteiger charge is 2.30. The topological polar surface area (TPSA) is 113 Å². The number of rotatable bonds is 7. The highest BCUT2D eigenvalue weighted by molar-refractivity contribution is 7.89. The second kappa shape index (κ2) is 9.21. The number of fused-ring (bicyclic) bond motifs is 1. The fraction of sp³-hybridized carbons (Fsp3) is 0.632. The summed E-state index contributed by atoms with van der Waals surface area (Å²) in [5.74, 6) is 0.0963. The summed E-state index contributed by atoms with van der Waals surface area (Å²) >= 11 is 0. The average molecular weight is 460 g/mol. The Balaban J connectivity index is 1.48. The number of benzene rings is 1. The Morgan fingerprint density at radius 1 is 1.10 bits per heavy atom. The highest BCUT2D eigenvalue weighted by atomic mass is 32.2. The molecular weight excluding hydrogens is 430 g/mol. The molecule has 2 heterocycles. The number of hydrogen-bond acceptors (Lipinski definition) is 6. The van der Waals surface area contributed by atoms with Gasteiger partial charge in [-0.1, -0.05) is 6.07 Å². The number of carbonyl (C=O) groups is 1. The van der Waals surface area contributed by atoms with E-state index in [9.17, 15) is 21.6 Å². The van der Waals surface area contributed by atoms with Crippen LogP contribution in [0.4, 0.5) is 0 Å². The molecule has 0 aromatic heterocycles. The molecule has 0 saturated carbocycles. The van der Waals surface area contributed by atoms with Gasteiger partial charge in [-0.15, -0.1) is 0 Å². The van der Waals surface area contributed by atoms with Crippen LogP contribution in [0.2, 0.25) is 0 Å². The summed E-state index contributed by atoms with van der Waals surface area (Å²) in [7, 11) is -5.13. The molecule has 3 rings (SSSR count). The predicted molar refractivity (Wildman–Crippen MR) is 113 cm³/mol. The lowest BCUT2D eigenvalue weighted by molar-refractivity contribution is -0.125. The molecule has 0 spiro atoms. The van der Waals surface area contributed by atoms with E-state index in [1.165, 1.54) is 8.61 Å². The molecule has 1 aromatic carbocycles. The van der Waals surface area contributed by atoms with Gasteiger partial charge in [-0.05, 0) is 42.5 Å². The normalized spacial score (nSPS) is 19.3. The molecule has 30 heavy (non-hydrogen) atoms. The third kappa shape index (κ3) is 5.51. The molecule has 0 aliphatic carbocycles. The largest absolute Gasteiger partial charge is 0.497 e. The van der Waals surface area contributed by atoms with Crippen LogP contribution in [0.3, 0.4) is 0 Å². The van der Waals surface area contributed by atoms with Crippen LogP contribution >= 0.6 is 0 Å². The minimum Gasteiger partial charge on any atom is -0.497 e. The van der Waals surface area contributed by atoms with Crippen molar-refractivity contribution >= 4 is 26.0 Å². The fourth-order valence-electron chi connectivity index (χ4n) is 3.89. The molecule has 0 radical (unpaired) electrons. The summed E-state index contributed by atoms with van der Waals surface area (Å²) in [6, 6.07) is 5.65. The lowest BCUT2D eigenvalue weighted by atomic mass is 9.97. The van der Waals surface area contributed by atoms with E-state index in [4.69, 9.17) is 4.74 Å². The molecule has 0 bridgehead atoms. The van der Waals surface area contributed by atoms with Crippen LogP contribution < -0.4 is 10.1 Å². The van der Waals surface area contributed by atoms with Crippen LogP contribution in [0.1, 0.15) is 24.0 Å². The number of methoxy groups -OCH3 is 1. The van der Waals surface area contributed by atoms with E-state index in [0.29, 0.717) is 45.4 Å². The first-order valence-corrected chi connectivity index (χ1v) is 13.4. The van der Waals surface area contributed by atoms with Crippen LogP contribution in [0.5, 0.6) is 5.75 Å². The van der Waals surface area contributed by atoms with E-state index in [0.717, 1.165) is 23.1 Å². The molecule has 2 aliphatic heterocycles. The SMILES string of the molecule is COc1ccc2c(c1)CCN(S(=O)(=O)CCNC(=O)C1CCN(S(C)(=O)=O)CC1)C2. The summed E-state index contributed by atoms with van der Waals surface area (Å²) in [5.41, 5.74) is 2.06. The number of nitrogens with one attached hydrogen (secondary N) is 1. The van der Waals surface area contributed by atoms with Gasteiger partial charge < -0.3 is 10.1 Å². The molecule has 1 amide bonds. The Bertz CT molecular complexity index is 986. The monoisotopic (exact) mass is 459 g/mol. The number of nitrogens with zero attached hydrogens (tertiary/aromatic N) is 2. The zero-order valence-corrected chi connectivity index (χ0v) is 19.0. The standard InChI is InChI=1S/C19H29N3O6S2/c1-28-18-4-3-17-14-22(11-7-16(17)13-18)30(26,27)12-8-20-19(23)15-5-9-21(10-6-15)29(2,24)25/h3-4,13,15H,5-12,14H2,1-2H3,(H,20,23). The molecular formula is C19H29N3O6S2. The quantitative estimate of drug-likeness (QED) is 0.622. The molecule has 1 saturated heterocycles. The van der Waals surface area contributed by atoms with Gasteiger partial charge >= 0.3 is 0 Å². The lowest BCUT2D eigenvalue weighted by Crippen LogP contribution is -2.44. The Labute approximate surface area is 178 Å². The lowest BCUT2D eigenvalue weighted by Gasteiger charge is -2.30. The van der Waals surface area contributed by atoms with Crippen LogP contribution in [-0.2, 0) is 37.8 Å². The molecule has 0 atom stereocenters. The Hall–Kier alpha value is -1.69. The summed E-state index contributed by atoms with van der Waals surface area (Å²) in [6.07, 6.45) is 2.67. The Morgan fingerprint density at radius 2 is 1.80 bits per heavy atom. The molecule has 11 heteroatoms. The third-order valence-corrected chi connectivity index (χ3v) is 8.86. The summed E-state index contributed by atoms with van der Waals surface area (Å²) in [4.78, 5) is 12.3. The number of piperidine rings is 1. The third-order valence-electron chi connectivity index (χ3n) is 5.74. The first kappa shape index (κ1) is 23.0. The van der Waals surface area contributed by atoms with Crippen molar-refractivity contribution in [1.29, 1.82) is 0 Å². The van der Waals surface area contributed by atoms with E-state index < -0.39 is 20.0 Å². The second-order valence-corrected chi connectivity index (χ2v) is 11.8. The van der Waals surface area contributed by atoms with Crippen molar-refractivity contribution < 1.29 is 26.4 Å². The van der Waals surface area contributed by atoms with Gasteiger partial charge in [0.25, 0.3) is 0 Å². The predicted octanol–water partition coefficient (Wildman–Crippen LogP) is 0.171. The van der Waals surface area contributed by atoms with E-state index in [1.54, 1.807) is 7.11 Å². The van der Waals surface area contributed by atoms with Crippen molar-refractivity contribution in [3.8, 4) is 5.75 Å². The summed E-state index contributed by atoms with van der Waals surface area (Å²) < 4.78 is 56.6. The maximum Gasteiger partial charge on any atom is 0.223 e.